The van der Waals surface area contributed by atoms with Crippen molar-refractivity contribution >= 4 is 17.5 Å². The van der Waals surface area contributed by atoms with Gasteiger partial charge in [0.1, 0.15) is 0 Å². The third kappa shape index (κ3) is 4.45. The maximum atomic E-state index is 11.9. The number of nitrogens with zero attached hydrogens (tertiary/aromatic N) is 1. The lowest BCUT2D eigenvalue weighted by Gasteiger charge is -2.16. The van der Waals surface area contributed by atoms with Gasteiger partial charge < -0.3 is 16.0 Å². The maximum Gasteiger partial charge on any atom is 0.239 e. The summed E-state index contributed by atoms with van der Waals surface area (Å²) < 4.78 is 0. The largest absolute Gasteiger partial charge is 0.399 e. The zero-order valence-electron chi connectivity index (χ0n) is 10.8. The Morgan fingerprint density at radius 2 is 2.11 bits per heavy atom. The zero-order chi connectivity index (χ0) is 13.5. The second-order valence-corrected chi connectivity index (χ2v) is 4.13. The molecule has 0 radical (unpaired) electrons. The van der Waals surface area contributed by atoms with Gasteiger partial charge in [-0.15, -0.1) is 0 Å². The van der Waals surface area contributed by atoms with Gasteiger partial charge in [0, 0.05) is 19.3 Å². The lowest BCUT2D eigenvalue weighted by atomic mass is 10.1. The number of hydrogen-bond acceptors (Lipinski definition) is 3. The monoisotopic (exact) mass is 249 g/mol. The molecule has 0 aliphatic heterocycles. The van der Waals surface area contributed by atoms with Crippen LogP contribution in [0.3, 0.4) is 0 Å². The van der Waals surface area contributed by atoms with E-state index in [9.17, 15) is 9.59 Å². The first kappa shape index (κ1) is 14.0. The average Bonchev–Trinajstić information content (AvgIpc) is 2.29. The summed E-state index contributed by atoms with van der Waals surface area (Å²) in [7, 11) is 1.61. The summed E-state index contributed by atoms with van der Waals surface area (Å²) in [6, 6.07) is 7.18. The van der Waals surface area contributed by atoms with Crippen molar-refractivity contribution in [2.45, 2.75) is 13.3 Å². The Balaban J connectivity index is 2.52. The van der Waals surface area contributed by atoms with Crippen molar-refractivity contribution in [3.8, 4) is 0 Å². The number of carbonyl (C=O) groups excluding carboxylic acids is 2. The number of nitrogen functional groups attached to an aromatic ring is 1. The van der Waals surface area contributed by atoms with E-state index in [4.69, 9.17) is 5.73 Å². The highest BCUT2D eigenvalue weighted by atomic mass is 16.2. The predicted molar refractivity (Wildman–Crippen MR) is 70.9 cm³/mol. The number of rotatable bonds is 5. The smallest absolute Gasteiger partial charge is 0.239 e. The SMILES string of the molecule is CCNC(=O)CN(C)C(=O)Cc1cccc(N)c1. The lowest BCUT2D eigenvalue weighted by Crippen LogP contribution is -2.38. The highest BCUT2D eigenvalue weighted by molar-refractivity contribution is 5.85. The van der Waals surface area contributed by atoms with E-state index in [1.807, 2.05) is 19.1 Å². The van der Waals surface area contributed by atoms with E-state index < -0.39 is 0 Å². The molecular weight excluding hydrogens is 230 g/mol. The van der Waals surface area contributed by atoms with Crippen molar-refractivity contribution in [2.75, 3.05) is 25.9 Å². The molecule has 0 spiro atoms. The minimum Gasteiger partial charge on any atom is -0.399 e. The van der Waals surface area contributed by atoms with Crippen LogP contribution in [0.5, 0.6) is 0 Å². The molecular formula is C13H19N3O2. The van der Waals surface area contributed by atoms with E-state index in [-0.39, 0.29) is 24.8 Å². The highest BCUT2D eigenvalue weighted by Crippen LogP contribution is 2.08. The van der Waals surface area contributed by atoms with Gasteiger partial charge in [0.15, 0.2) is 0 Å². The summed E-state index contributed by atoms with van der Waals surface area (Å²) in [5.41, 5.74) is 7.12. The minimum atomic E-state index is -0.152. The molecule has 0 aliphatic carbocycles. The minimum absolute atomic E-state index is 0.0784. The average molecular weight is 249 g/mol. The predicted octanol–water partition coefficient (Wildman–Crippen LogP) is 0.406. The second kappa shape index (κ2) is 6.64. The van der Waals surface area contributed by atoms with E-state index >= 15 is 0 Å². The second-order valence-electron chi connectivity index (χ2n) is 4.13. The summed E-state index contributed by atoms with van der Waals surface area (Å²) in [6.07, 6.45) is 0.251. The van der Waals surface area contributed by atoms with Gasteiger partial charge >= 0.3 is 0 Å². The van der Waals surface area contributed by atoms with Gasteiger partial charge in [-0.3, -0.25) is 9.59 Å². The molecule has 3 N–H and O–H groups in total. The van der Waals surface area contributed by atoms with Gasteiger partial charge in [0.05, 0.1) is 13.0 Å². The van der Waals surface area contributed by atoms with Gasteiger partial charge in [-0.05, 0) is 24.6 Å². The van der Waals surface area contributed by atoms with E-state index in [1.165, 1.54) is 4.90 Å². The highest BCUT2D eigenvalue weighted by Gasteiger charge is 2.12. The van der Waals surface area contributed by atoms with Crippen LogP contribution in [0.15, 0.2) is 24.3 Å². The molecule has 0 bridgehead atoms. The van der Waals surface area contributed by atoms with Crippen molar-refractivity contribution in [2.24, 2.45) is 0 Å². The van der Waals surface area contributed by atoms with Crippen LogP contribution in [0.25, 0.3) is 0 Å². The van der Waals surface area contributed by atoms with Crippen LogP contribution in [0.4, 0.5) is 5.69 Å². The molecule has 5 nitrogen and oxygen atoms in total. The third-order valence-electron chi connectivity index (χ3n) is 2.49. The first-order valence-electron chi connectivity index (χ1n) is 5.88. The summed E-state index contributed by atoms with van der Waals surface area (Å²) in [4.78, 5) is 24.6. The Morgan fingerprint density at radius 1 is 1.39 bits per heavy atom. The molecule has 1 rings (SSSR count). The van der Waals surface area contributed by atoms with Crippen molar-refractivity contribution in [1.82, 2.24) is 10.2 Å². The van der Waals surface area contributed by atoms with Crippen LogP contribution < -0.4 is 11.1 Å². The zero-order valence-corrected chi connectivity index (χ0v) is 10.8. The number of carbonyl (C=O) groups is 2. The molecule has 2 amide bonds. The molecule has 18 heavy (non-hydrogen) atoms. The van der Waals surface area contributed by atoms with Crippen LogP contribution in [0.1, 0.15) is 12.5 Å². The number of amides is 2. The number of hydrogen-bond donors (Lipinski definition) is 2. The van der Waals surface area contributed by atoms with Gasteiger partial charge in [-0.25, -0.2) is 0 Å². The first-order valence-corrected chi connectivity index (χ1v) is 5.88. The molecule has 98 valence electrons. The molecule has 0 saturated carbocycles. The number of nitrogens with two attached hydrogens (primary N) is 1. The van der Waals surface area contributed by atoms with Crippen LogP contribution in [-0.4, -0.2) is 36.9 Å². The first-order chi connectivity index (χ1) is 8.52. The van der Waals surface area contributed by atoms with Crippen molar-refractivity contribution in [1.29, 1.82) is 0 Å². The summed E-state index contributed by atoms with van der Waals surface area (Å²) >= 11 is 0. The van der Waals surface area contributed by atoms with Gasteiger partial charge in [0.2, 0.25) is 11.8 Å². The number of anilines is 1. The number of likely N-dealkylation sites (N-methyl/N-ethyl adjacent to an activating group) is 2. The molecule has 0 fully saturated rings. The molecule has 1 aromatic rings. The van der Waals surface area contributed by atoms with Crippen LogP contribution in [0, 0.1) is 0 Å². The van der Waals surface area contributed by atoms with E-state index in [0.29, 0.717) is 12.2 Å². The van der Waals surface area contributed by atoms with Crippen molar-refractivity contribution in [3.63, 3.8) is 0 Å². The van der Waals surface area contributed by atoms with E-state index in [0.717, 1.165) is 5.56 Å². The molecule has 0 aromatic heterocycles. The number of benzene rings is 1. The van der Waals surface area contributed by atoms with Crippen LogP contribution in [0.2, 0.25) is 0 Å². The Hall–Kier alpha value is -2.04. The van der Waals surface area contributed by atoms with Gasteiger partial charge in [0.25, 0.3) is 0 Å². The Bertz CT molecular complexity index is 432. The Labute approximate surface area is 107 Å². The molecule has 0 heterocycles. The van der Waals surface area contributed by atoms with Crippen LogP contribution >= 0.6 is 0 Å². The summed E-state index contributed by atoms with van der Waals surface area (Å²) in [6.45, 7) is 2.48. The topological polar surface area (TPSA) is 75.4 Å². The third-order valence-corrected chi connectivity index (χ3v) is 2.49. The standard InChI is InChI=1S/C13H19N3O2/c1-3-15-12(17)9-16(2)13(18)8-10-5-4-6-11(14)7-10/h4-7H,3,8-9,14H2,1-2H3,(H,15,17). The molecule has 1 aromatic carbocycles. The Kier molecular flexibility index (Phi) is 5.17. The van der Waals surface area contributed by atoms with Gasteiger partial charge in [-0.1, -0.05) is 12.1 Å². The fourth-order valence-corrected chi connectivity index (χ4v) is 1.57. The number of nitrogens with one attached hydrogen (secondary N) is 1. The maximum absolute atomic E-state index is 11.9. The Morgan fingerprint density at radius 3 is 2.72 bits per heavy atom. The van der Waals surface area contributed by atoms with E-state index in [2.05, 4.69) is 5.32 Å². The molecule has 0 unspecified atom stereocenters. The quantitative estimate of drug-likeness (QED) is 0.742. The summed E-state index contributed by atoms with van der Waals surface area (Å²) in [5.74, 6) is -0.257. The van der Waals surface area contributed by atoms with Crippen molar-refractivity contribution in [3.05, 3.63) is 29.8 Å². The van der Waals surface area contributed by atoms with E-state index in [1.54, 1.807) is 19.2 Å². The molecule has 0 aliphatic rings. The lowest BCUT2D eigenvalue weighted by molar-refractivity contribution is -0.134. The molecule has 0 saturated heterocycles. The summed E-state index contributed by atoms with van der Waals surface area (Å²) in [5, 5.41) is 2.65. The van der Waals surface area contributed by atoms with Crippen molar-refractivity contribution < 1.29 is 9.59 Å². The van der Waals surface area contributed by atoms with Gasteiger partial charge in [-0.2, -0.15) is 0 Å². The van der Waals surface area contributed by atoms with Crippen LogP contribution in [-0.2, 0) is 16.0 Å². The fourth-order valence-electron chi connectivity index (χ4n) is 1.57. The molecule has 5 heteroatoms. The fraction of sp³-hybridized carbons (Fsp3) is 0.385. The molecule has 0 atom stereocenters. The normalized spacial score (nSPS) is 9.89.